The topological polar surface area (TPSA) is 219 Å². The van der Waals surface area contributed by atoms with Crippen molar-refractivity contribution in [3.8, 4) is 67.5 Å². The van der Waals surface area contributed by atoms with Crippen LogP contribution in [0.4, 0.5) is 0 Å². The van der Waals surface area contributed by atoms with E-state index in [1.165, 1.54) is 61.2 Å². The lowest BCUT2D eigenvalue weighted by molar-refractivity contribution is 1.05. The van der Waals surface area contributed by atoms with Gasteiger partial charge in [0.05, 0.1) is 56.9 Å². The lowest BCUT2D eigenvalue weighted by atomic mass is 10.0. The summed E-state index contributed by atoms with van der Waals surface area (Å²) in [4.78, 5) is 71.0. The highest BCUT2D eigenvalue weighted by atomic mass is 14.8. The van der Waals surface area contributed by atoms with Gasteiger partial charge >= 0.3 is 0 Å². The van der Waals surface area contributed by atoms with E-state index in [1.54, 1.807) is 31.1 Å². The second-order valence-electron chi connectivity index (χ2n) is 28.1. The minimum Gasteiger partial charge on any atom is -0.264 e. The van der Waals surface area contributed by atoms with Crippen LogP contribution in [-0.4, -0.2) is 84.7 Å². The molecule has 0 radical (unpaired) electrons. The van der Waals surface area contributed by atoms with E-state index in [0.717, 1.165) is 119 Å². The predicted molar refractivity (Wildman–Crippen MR) is 474 cm³/mol. The first-order valence-electron chi connectivity index (χ1n) is 38.3. The average Bonchev–Trinajstić information content (AvgIpc) is 0.838. The van der Waals surface area contributed by atoms with E-state index in [-0.39, 0.29) is 0 Å². The largest absolute Gasteiger partial charge is 0.264 e. The Morgan fingerprint density at radius 3 is 0.888 bits per heavy atom. The summed E-state index contributed by atoms with van der Waals surface area (Å²) in [7, 11) is 0. The van der Waals surface area contributed by atoms with Crippen LogP contribution in [0.5, 0.6) is 0 Å². The molecule has 116 heavy (non-hydrogen) atoms. The van der Waals surface area contributed by atoms with E-state index in [2.05, 4.69) is 198 Å². The molecule has 0 saturated heterocycles. The third-order valence-electron chi connectivity index (χ3n) is 16.9. The summed E-state index contributed by atoms with van der Waals surface area (Å²) in [6.45, 7) is 40.1. The summed E-state index contributed by atoms with van der Waals surface area (Å²) in [6.07, 6.45) is 29.0. The smallest absolute Gasteiger partial charge is 0.115 e. The molecule has 0 aliphatic rings. The fourth-order valence-electron chi connectivity index (χ4n) is 10.4. The Bertz CT molecular complexity index is 4760. The van der Waals surface area contributed by atoms with Gasteiger partial charge in [-0.1, -0.05) is 90.5 Å². The predicted octanol–water partition coefficient (Wildman–Crippen LogP) is 22.8. The van der Waals surface area contributed by atoms with Crippen molar-refractivity contribution in [3.05, 3.63) is 400 Å². The molecule has 17 heteroatoms. The monoisotopic (exact) mass is 1530 g/mol. The van der Waals surface area contributed by atoms with Gasteiger partial charge in [0.2, 0.25) is 0 Å². The van der Waals surface area contributed by atoms with E-state index in [1.807, 2.05) is 281 Å². The fraction of sp³-hybridized carbons (Fsp3) is 0.202. The highest BCUT2D eigenvalue weighted by molar-refractivity contribution is 5.65. The van der Waals surface area contributed by atoms with Gasteiger partial charge in [-0.3, -0.25) is 74.8 Å². The van der Waals surface area contributed by atoms with Gasteiger partial charge in [0.1, 0.15) is 6.33 Å². The van der Waals surface area contributed by atoms with Crippen LogP contribution < -0.4 is 0 Å². The molecule has 16 aromatic rings. The van der Waals surface area contributed by atoms with E-state index < -0.39 is 0 Å². The average molecular weight is 1540 g/mol. The highest BCUT2D eigenvalue weighted by Gasteiger charge is 2.05. The number of benzene rings is 2. The Balaban J connectivity index is 0.000000180. The van der Waals surface area contributed by atoms with Crippen molar-refractivity contribution in [2.45, 2.75) is 138 Å². The third kappa shape index (κ3) is 33.7. The molecule has 588 valence electrons. The molecule has 16 rings (SSSR count). The van der Waals surface area contributed by atoms with Crippen LogP contribution in [0, 0.1) is 138 Å². The summed E-state index contributed by atoms with van der Waals surface area (Å²) >= 11 is 0. The Hall–Kier alpha value is -13.7. The molecule has 0 amide bonds. The first kappa shape index (κ1) is 89.5. The number of aryl methyl sites for hydroxylation is 20. The maximum Gasteiger partial charge on any atom is 0.115 e. The van der Waals surface area contributed by atoms with Crippen LogP contribution in [0.15, 0.2) is 287 Å². The van der Waals surface area contributed by atoms with E-state index >= 15 is 0 Å². The SMILES string of the molecule is Cc1cc(C)ncn1.Cc1ccc(-c2ccc(C)cn2)nc1.Cc1ccc(-c2ccc(C)nc2)cn1.Cc1cccc(-c2cccc(C)n2)n1.Cc1cccc(-c2ccnc(C)c2)c1.Cc1ccccc1C.Cc1ccnc(-c2cc(C)ccn2)c1.Cc1cnc(C)cn1.Cc1cnc(C)cn1.Cc1cncc(-c2cncc(C)c2)c1. The van der Waals surface area contributed by atoms with Crippen LogP contribution in [0.25, 0.3) is 67.5 Å². The van der Waals surface area contributed by atoms with Gasteiger partial charge in [0.15, 0.2) is 0 Å². The Kier molecular flexibility index (Phi) is 36.8. The van der Waals surface area contributed by atoms with Gasteiger partial charge in [-0.25, -0.2) is 9.97 Å². The van der Waals surface area contributed by atoms with Crippen LogP contribution in [0.1, 0.15) is 113 Å². The van der Waals surface area contributed by atoms with Crippen molar-refractivity contribution < 1.29 is 0 Å². The molecule has 0 aliphatic heterocycles. The van der Waals surface area contributed by atoms with Gasteiger partial charge in [0.25, 0.3) is 0 Å². The quantitative estimate of drug-likeness (QED) is 0.151. The van der Waals surface area contributed by atoms with E-state index in [9.17, 15) is 0 Å². The molecule has 0 bridgehead atoms. The fourth-order valence-corrected chi connectivity index (χ4v) is 10.4. The molecule has 0 unspecified atom stereocenters. The van der Waals surface area contributed by atoms with Crippen LogP contribution in [-0.2, 0) is 0 Å². The van der Waals surface area contributed by atoms with E-state index in [0.29, 0.717) is 0 Å². The molecule has 0 N–H and O–H groups in total. The van der Waals surface area contributed by atoms with Crippen LogP contribution >= 0.6 is 0 Å². The zero-order chi connectivity index (χ0) is 83.7. The first-order valence-corrected chi connectivity index (χ1v) is 38.3. The molecular formula is C99H107N17. The first-order chi connectivity index (χ1) is 55.7. The van der Waals surface area contributed by atoms with Gasteiger partial charge < -0.3 is 0 Å². The Morgan fingerprint density at radius 2 is 0.552 bits per heavy atom. The summed E-state index contributed by atoms with van der Waals surface area (Å²) in [5.74, 6) is 0. The van der Waals surface area contributed by atoms with Gasteiger partial charge in [-0.05, 0) is 297 Å². The number of aromatic nitrogens is 17. The van der Waals surface area contributed by atoms with Crippen molar-refractivity contribution in [2.75, 3.05) is 0 Å². The van der Waals surface area contributed by atoms with Crippen LogP contribution in [0.3, 0.4) is 0 Å². The number of rotatable bonds is 6. The van der Waals surface area contributed by atoms with Crippen molar-refractivity contribution in [3.63, 3.8) is 0 Å². The Morgan fingerprint density at radius 1 is 0.164 bits per heavy atom. The molecule has 17 nitrogen and oxygen atoms in total. The zero-order valence-corrected chi connectivity index (χ0v) is 70.7. The summed E-state index contributed by atoms with van der Waals surface area (Å²) in [6, 6.07) is 63.4. The number of nitrogens with zero attached hydrogens (tertiary/aromatic N) is 17. The van der Waals surface area contributed by atoms with Crippen molar-refractivity contribution in [1.82, 2.24) is 84.7 Å². The third-order valence-corrected chi connectivity index (χ3v) is 16.9. The second kappa shape index (κ2) is 47.6. The second-order valence-corrected chi connectivity index (χ2v) is 28.1. The summed E-state index contributed by atoms with van der Waals surface area (Å²) in [5, 5.41) is 0. The van der Waals surface area contributed by atoms with Gasteiger partial charge in [-0.2, -0.15) is 0 Å². The van der Waals surface area contributed by atoms with Crippen molar-refractivity contribution in [1.29, 1.82) is 0 Å². The molecular weight excluding hydrogens is 1430 g/mol. The zero-order valence-electron chi connectivity index (χ0n) is 70.7. The van der Waals surface area contributed by atoms with E-state index in [4.69, 9.17) is 0 Å². The molecule has 0 aliphatic carbocycles. The number of pyridine rings is 11. The summed E-state index contributed by atoms with van der Waals surface area (Å²) in [5.41, 5.74) is 34.8. The lowest BCUT2D eigenvalue weighted by Crippen LogP contribution is -1.90. The normalized spacial score (nSPS) is 9.90. The van der Waals surface area contributed by atoms with Crippen LogP contribution in [0.2, 0.25) is 0 Å². The summed E-state index contributed by atoms with van der Waals surface area (Å²) < 4.78 is 0. The molecule has 0 saturated carbocycles. The minimum atomic E-state index is 0.926. The molecule has 14 heterocycles. The standard InChI is InChI=1S/C13H13N.5C12H12N2.C8H10.3C6H8N2/c1-10-4-3-5-12(8-10)13-6-7-14-11(2)9-13;1-9-3-11(7-13-5-9)12-4-10(2)6-14-8-12;1-9-3-5-11(7-13-9)12-6-4-10(2)14-8-12;1-9-3-5-13-11(7-9)12-8-10(2)4-6-14-12;1-9-3-5-11(13-7-9)12-6-4-10(2)8-14-12;1-9-5-3-7-11(13-9)12-8-4-6-10(2)14-12;1-7-5-3-4-6-8(7)2;2*1-5-3-8-6(2)4-7-5;1-5-3-6(2)8-4-7-5/h3-9H,1-2H3;5*3-8H,1-2H3;3-6H,1-2H3;3*3-4H,1-2H3. The van der Waals surface area contributed by atoms with Crippen molar-refractivity contribution >= 4 is 0 Å². The lowest BCUT2D eigenvalue weighted by Gasteiger charge is -2.03. The molecule has 0 fully saturated rings. The number of hydrogen-bond donors (Lipinski definition) is 0. The van der Waals surface area contributed by atoms with Gasteiger partial charge in [-0.15, -0.1) is 0 Å². The van der Waals surface area contributed by atoms with Gasteiger partial charge in [0, 0.05) is 155 Å². The Labute approximate surface area is 686 Å². The molecule has 0 spiro atoms. The molecule has 0 atom stereocenters. The number of hydrogen-bond acceptors (Lipinski definition) is 17. The highest BCUT2D eigenvalue weighted by Crippen LogP contribution is 2.23. The molecule has 14 aromatic heterocycles. The molecule has 2 aromatic carbocycles. The maximum absolute atomic E-state index is 4.42. The van der Waals surface area contributed by atoms with Crippen molar-refractivity contribution in [2.24, 2.45) is 0 Å². The minimum absolute atomic E-state index is 0.926. The maximum atomic E-state index is 4.42.